The maximum atomic E-state index is 4.50. The Labute approximate surface area is 83.8 Å². The van der Waals surface area contributed by atoms with E-state index in [2.05, 4.69) is 33.0 Å². The quantitative estimate of drug-likeness (QED) is 0.791. The summed E-state index contributed by atoms with van der Waals surface area (Å²) in [7, 11) is 1.97. The van der Waals surface area contributed by atoms with Crippen molar-refractivity contribution in [3.8, 4) is 0 Å². The zero-order valence-corrected chi connectivity index (χ0v) is 8.62. The van der Waals surface area contributed by atoms with E-state index in [9.17, 15) is 0 Å². The molecule has 3 heteroatoms. The second kappa shape index (κ2) is 3.80. The van der Waals surface area contributed by atoms with Crippen LogP contribution in [-0.4, -0.2) is 23.0 Å². The number of aryl methyl sites for hydroxylation is 1. The molecule has 0 aliphatic rings. The highest BCUT2D eigenvalue weighted by atomic mass is 15.0. The van der Waals surface area contributed by atoms with Gasteiger partial charge in [0, 0.05) is 12.4 Å². The van der Waals surface area contributed by atoms with Gasteiger partial charge < -0.3 is 9.72 Å². The van der Waals surface area contributed by atoms with Gasteiger partial charge in [-0.2, -0.15) is 0 Å². The third-order valence-electron chi connectivity index (χ3n) is 2.33. The summed E-state index contributed by atoms with van der Waals surface area (Å²) >= 11 is 0. The Balaban J connectivity index is 2.42. The molecular weight excluding hydrogens is 174 g/mol. The van der Waals surface area contributed by atoms with Crippen LogP contribution in [0.4, 0.5) is 0 Å². The molecule has 0 aliphatic heterocycles. The smallest absolute Gasteiger partial charge is 0.140 e. The first-order valence-electron chi connectivity index (χ1n) is 4.89. The van der Waals surface area contributed by atoms with Crippen molar-refractivity contribution in [2.45, 2.75) is 13.3 Å². The normalized spacial score (nSPS) is 11.0. The molecule has 0 spiro atoms. The maximum absolute atomic E-state index is 4.50. The Bertz CT molecular complexity index is 431. The summed E-state index contributed by atoms with van der Waals surface area (Å²) in [4.78, 5) is 4.50. The van der Waals surface area contributed by atoms with Gasteiger partial charge in [0.1, 0.15) is 5.65 Å². The molecule has 2 aromatic heterocycles. The van der Waals surface area contributed by atoms with Gasteiger partial charge in [0.25, 0.3) is 0 Å². The van der Waals surface area contributed by atoms with Gasteiger partial charge in [0.15, 0.2) is 0 Å². The Kier molecular flexibility index (Phi) is 2.50. The Morgan fingerprint density at radius 3 is 3.14 bits per heavy atom. The van der Waals surface area contributed by atoms with Gasteiger partial charge in [-0.1, -0.05) is 6.07 Å². The van der Waals surface area contributed by atoms with Gasteiger partial charge in [0.05, 0.1) is 5.69 Å². The molecule has 0 amide bonds. The monoisotopic (exact) mass is 189 g/mol. The van der Waals surface area contributed by atoms with Gasteiger partial charge in [-0.25, -0.2) is 4.98 Å². The molecule has 0 bridgehead atoms. The molecule has 0 atom stereocenters. The summed E-state index contributed by atoms with van der Waals surface area (Å²) in [5.74, 6) is 0. The van der Waals surface area contributed by atoms with E-state index in [4.69, 9.17) is 0 Å². The number of nitrogens with zero attached hydrogens (tertiary/aromatic N) is 2. The average molecular weight is 189 g/mol. The minimum absolute atomic E-state index is 0.992. The van der Waals surface area contributed by atoms with Crippen LogP contribution < -0.4 is 5.32 Å². The Hall–Kier alpha value is -1.35. The van der Waals surface area contributed by atoms with E-state index in [0.29, 0.717) is 0 Å². The van der Waals surface area contributed by atoms with Crippen LogP contribution in [0.3, 0.4) is 0 Å². The van der Waals surface area contributed by atoms with E-state index in [0.717, 1.165) is 24.3 Å². The van der Waals surface area contributed by atoms with Crippen LogP contribution >= 0.6 is 0 Å². The summed E-state index contributed by atoms with van der Waals surface area (Å²) < 4.78 is 2.08. The fourth-order valence-corrected chi connectivity index (χ4v) is 1.65. The maximum Gasteiger partial charge on any atom is 0.140 e. The molecule has 74 valence electrons. The fraction of sp³-hybridized carbons (Fsp3) is 0.364. The SMILES string of the molecule is CNCCc1cccn2cc(C)nc12. The molecule has 0 aromatic carbocycles. The van der Waals surface area contributed by atoms with Crippen molar-refractivity contribution in [2.24, 2.45) is 0 Å². The summed E-state index contributed by atoms with van der Waals surface area (Å²) in [5, 5.41) is 3.15. The molecule has 2 aromatic rings. The second-order valence-electron chi connectivity index (χ2n) is 3.50. The largest absolute Gasteiger partial charge is 0.319 e. The lowest BCUT2D eigenvalue weighted by atomic mass is 10.2. The van der Waals surface area contributed by atoms with E-state index in [1.807, 2.05) is 20.2 Å². The number of nitrogens with one attached hydrogen (secondary N) is 1. The fourth-order valence-electron chi connectivity index (χ4n) is 1.65. The van der Waals surface area contributed by atoms with Crippen LogP contribution in [0.15, 0.2) is 24.5 Å². The molecule has 0 saturated heterocycles. The van der Waals surface area contributed by atoms with Crippen molar-refractivity contribution >= 4 is 5.65 Å². The van der Waals surface area contributed by atoms with Crippen LogP contribution in [0.1, 0.15) is 11.3 Å². The summed E-state index contributed by atoms with van der Waals surface area (Å²) in [6, 6.07) is 4.21. The third kappa shape index (κ3) is 1.63. The van der Waals surface area contributed by atoms with Gasteiger partial charge in [-0.15, -0.1) is 0 Å². The molecule has 0 fully saturated rings. The highest BCUT2D eigenvalue weighted by Gasteiger charge is 2.02. The Morgan fingerprint density at radius 1 is 1.50 bits per heavy atom. The van der Waals surface area contributed by atoms with Crippen molar-refractivity contribution < 1.29 is 0 Å². The van der Waals surface area contributed by atoms with Crippen LogP contribution in [-0.2, 0) is 6.42 Å². The standard InChI is InChI=1S/C11H15N3/c1-9-8-14-7-3-4-10(5-6-12-2)11(14)13-9/h3-4,7-8,12H,5-6H2,1-2H3. The molecule has 2 heterocycles. The average Bonchev–Trinajstić information content (AvgIpc) is 2.55. The van der Waals surface area contributed by atoms with Crippen LogP contribution in [0.25, 0.3) is 5.65 Å². The van der Waals surface area contributed by atoms with Crippen molar-refractivity contribution in [1.82, 2.24) is 14.7 Å². The number of hydrogen-bond acceptors (Lipinski definition) is 2. The van der Waals surface area contributed by atoms with Crippen LogP contribution in [0, 0.1) is 6.92 Å². The first kappa shape index (κ1) is 9.21. The zero-order valence-electron chi connectivity index (χ0n) is 8.62. The molecule has 1 N–H and O–H groups in total. The zero-order chi connectivity index (χ0) is 9.97. The van der Waals surface area contributed by atoms with E-state index < -0.39 is 0 Å². The molecule has 3 nitrogen and oxygen atoms in total. The number of hydrogen-bond donors (Lipinski definition) is 1. The summed E-state index contributed by atoms with van der Waals surface area (Å²) in [6.45, 7) is 3.01. The van der Waals surface area contributed by atoms with Crippen molar-refractivity contribution in [2.75, 3.05) is 13.6 Å². The minimum atomic E-state index is 0.992. The molecule has 0 aliphatic carbocycles. The number of imidazole rings is 1. The third-order valence-corrected chi connectivity index (χ3v) is 2.33. The lowest BCUT2D eigenvalue weighted by Gasteiger charge is -2.02. The highest BCUT2D eigenvalue weighted by molar-refractivity contribution is 5.48. The van der Waals surface area contributed by atoms with Crippen molar-refractivity contribution in [3.05, 3.63) is 35.8 Å². The topological polar surface area (TPSA) is 29.3 Å². The molecule has 2 rings (SSSR count). The molecule has 0 saturated carbocycles. The summed E-state index contributed by atoms with van der Waals surface area (Å²) in [5.41, 5.74) is 3.46. The predicted octanol–water partition coefficient (Wildman–Crippen LogP) is 1.40. The first-order chi connectivity index (χ1) is 6.81. The molecule has 0 radical (unpaired) electrons. The minimum Gasteiger partial charge on any atom is -0.319 e. The van der Waals surface area contributed by atoms with Gasteiger partial charge >= 0.3 is 0 Å². The van der Waals surface area contributed by atoms with Gasteiger partial charge in [0.2, 0.25) is 0 Å². The lowest BCUT2D eigenvalue weighted by molar-refractivity contribution is 0.791. The van der Waals surface area contributed by atoms with Gasteiger partial charge in [-0.05, 0) is 38.6 Å². The van der Waals surface area contributed by atoms with E-state index in [1.165, 1.54) is 5.56 Å². The number of pyridine rings is 1. The number of fused-ring (bicyclic) bond motifs is 1. The van der Waals surface area contributed by atoms with E-state index >= 15 is 0 Å². The first-order valence-corrected chi connectivity index (χ1v) is 4.89. The number of likely N-dealkylation sites (N-methyl/N-ethyl adjacent to an activating group) is 1. The molecule has 14 heavy (non-hydrogen) atoms. The lowest BCUT2D eigenvalue weighted by Crippen LogP contribution is -2.10. The van der Waals surface area contributed by atoms with Crippen LogP contribution in [0.5, 0.6) is 0 Å². The highest BCUT2D eigenvalue weighted by Crippen LogP contribution is 2.10. The van der Waals surface area contributed by atoms with Crippen molar-refractivity contribution in [3.63, 3.8) is 0 Å². The van der Waals surface area contributed by atoms with E-state index in [-0.39, 0.29) is 0 Å². The van der Waals surface area contributed by atoms with Gasteiger partial charge in [-0.3, -0.25) is 0 Å². The van der Waals surface area contributed by atoms with Crippen LogP contribution in [0.2, 0.25) is 0 Å². The Morgan fingerprint density at radius 2 is 2.36 bits per heavy atom. The molecule has 0 unspecified atom stereocenters. The van der Waals surface area contributed by atoms with Crippen molar-refractivity contribution in [1.29, 1.82) is 0 Å². The second-order valence-corrected chi connectivity index (χ2v) is 3.50. The van der Waals surface area contributed by atoms with E-state index in [1.54, 1.807) is 0 Å². The molecular formula is C11H15N3. The predicted molar refractivity (Wildman–Crippen MR) is 57.6 cm³/mol. The number of rotatable bonds is 3. The summed E-state index contributed by atoms with van der Waals surface area (Å²) in [6.07, 6.45) is 5.12. The number of aromatic nitrogens is 2.